The molecule has 2 N–H and O–H groups in total. The van der Waals surface area contributed by atoms with Gasteiger partial charge in [0.15, 0.2) is 0 Å². The Bertz CT molecular complexity index is 274. The molecule has 0 aliphatic heterocycles. The minimum atomic E-state index is 0.513. The van der Waals surface area contributed by atoms with Crippen LogP contribution in [0.15, 0.2) is 31.4 Å². The van der Waals surface area contributed by atoms with Crippen molar-refractivity contribution in [3.05, 3.63) is 42.5 Å². The number of nitrogens with two attached hydrogens (primary N) is 1. The summed E-state index contributed by atoms with van der Waals surface area (Å²) >= 11 is 0. The van der Waals surface area contributed by atoms with Crippen molar-refractivity contribution in [1.82, 2.24) is 0 Å². The summed E-state index contributed by atoms with van der Waals surface area (Å²) < 4.78 is 0. The second-order valence-corrected chi connectivity index (χ2v) is 4.16. The van der Waals surface area contributed by atoms with E-state index < -0.39 is 0 Å². The van der Waals surface area contributed by atoms with E-state index in [1.807, 2.05) is 0 Å². The number of rotatable bonds is 2. The van der Waals surface area contributed by atoms with Crippen LogP contribution in [0.3, 0.4) is 0 Å². The Labute approximate surface area is 94.0 Å². The van der Waals surface area contributed by atoms with Gasteiger partial charge in [0.2, 0.25) is 0 Å². The molecular weight excluding hydrogens is 182 g/mol. The molecule has 1 aromatic rings. The summed E-state index contributed by atoms with van der Waals surface area (Å²) in [5.41, 5.74) is 9.60. The van der Waals surface area contributed by atoms with Crippen LogP contribution in [0.5, 0.6) is 0 Å². The maximum atomic E-state index is 6.09. The number of nitrogen functional groups attached to an aromatic ring is 1. The van der Waals surface area contributed by atoms with Crippen molar-refractivity contribution in [3.8, 4) is 0 Å². The van der Waals surface area contributed by atoms with Crippen LogP contribution in [-0.4, -0.2) is 0 Å². The third-order valence-corrected chi connectivity index (χ3v) is 2.42. The second kappa shape index (κ2) is 6.28. The molecule has 15 heavy (non-hydrogen) atoms. The van der Waals surface area contributed by atoms with Gasteiger partial charge in [-0.2, -0.15) is 0 Å². The van der Waals surface area contributed by atoms with Gasteiger partial charge in [-0.3, -0.25) is 0 Å². The minimum absolute atomic E-state index is 0.513. The van der Waals surface area contributed by atoms with Crippen LogP contribution >= 0.6 is 0 Å². The van der Waals surface area contributed by atoms with Crippen LogP contribution in [0, 0.1) is 0 Å². The highest BCUT2D eigenvalue weighted by atomic mass is 14.6. The van der Waals surface area contributed by atoms with Gasteiger partial charge in [0.1, 0.15) is 0 Å². The fourth-order valence-corrected chi connectivity index (χ4v) is 1.61. The Hall–Kier alpha value is -1.24. The van der Waals surface area contributed by atoms with E-state index in [4.69, 9.17) is 5.73 Å². The lowest BCUT2D eigenvalue weighted by molar-refractivity contribution is 0.840. The van der Waals surface area contributed by atoms with Gasteiger partial charge in [-0.05, 0) is 23.0 Å². The number of benzene rings is 1. The molecule has 1 rings (SSSR count). The van der Waals surface area contributed by atoms with E-state index in [2.05, 4.69) is 59.1 Å². The molecule has 84 valence electrons. The van der Waals surface area contributed by atoms with E-state index in [0.717, 1.165) is 5.69 Å². The van der Waals surface area contributed by atoms with E-state index in [-0.39, 0.29) is 0 Å². The number of anilines is 1. The Kier molecular flexibility index (Phi) is 5.76. The lowest BCUT2D eigenvalue weighted by Crippen LogP contribution is -2.02. The van der Waals surface area contributed by atoms with E-state index >= 15 is 0 Å². The summed E-state index contributed by atoms with van der Waals surface area (Å²) in [6, 6.07) is 6.33. The molecule has 0 radical (unpaired) electrons. The molecule has 0 heterocycles. The van der Waals surface area contributed by atoms with Crippen LogP contribution < -0.4 is 5.73 Å². The molecule has 0 atom stereocenters. The van der Waals surface area contributed by atoms with Gasteiger partial charge in [-0.1, -0.05) is 45.9 Å². The molecule has 0 aromatic heterocycles. The van der Waals surface area contributed by atoms with Crippen molar-refractivity contribution in [3.63, 3.8) is 0 Å². The smallest absolute Gasteiger partial charge is 0.0384 e. The van der Waals surface area contributed by atoms with Crippen LogP contribution in [-0.2, 0) is 0 Å². The predicted octanol–water partition coefficient (Wildman–Crippen LogP) is 4.32. The fourth-order valence-electron chi connectivity index (χ4n) is 1.61. The SMILES string of the molecule is C=C.CC(C)c1cccc(C(C)C)c1N. The first-order valence-corrected chi connectivity index (χ1v) is 5.42. The van der Waals surface area contributed by atoms with Crippen molar-refractivity contribution in [2.24, 2.45) is 0 Å². The van der Waals surface area contributed by atoms with Crippen LogP contribution in [0.25, 0.3) is 0 Å². The molecule has 0 spiro atoms. The third kappa shape index (κ3) is 3.43. The van der Waals surface area contributed by atoms with Gasteiger partial charge in [-0.15, -0.1) is 13.2 Å². The first-order valence-electron chi connectivity index (χ1n) is 5.42. The molecule has 1 aromatic carbocycles. The zero-order valence-electron chi connectivity index (χ0n) is 10.4. The van der Waals surface area contributed by atoms with Gasteiger partial charge in [-0.25, -0.2) is 0 Å². The highest BCUT2D eigenvalue weighted by Gasteiger charge is 2.09. The van der Waals surface area contributed by atoms with E-state index in [1.54, 1.807) is 0 Å². The molecule has 1 nitrogen and oxygen atoms in total. The third-order valence-electron chi connectivity index (χ3n) is 2.42. The first kappa shape index (κ1) is 13.8. The predicted molar refractivity (Wildman–Crippen MR) is 70.3 cm³/mol. The number of para-hydroxylation sites is 1. The topological polar surface area (TPSA) is 26.0 Å². The lowest BCUT2D eigenvalue weighted by atomic mass is 9.93. The maximum Gasteiger partial charge on any atom is 0.0384 e. The molecule has 0 unspecified atom stereocenters. The molecule has 1 heteroatoms. The Morgan fingerprint density at radius 1 is 0.933 bits per heavy atom. The fraction of sp³-hybridized carbons (Fsp3) is 0.429. The Balaban J connectivity index is 0.000000921. The zero-order chi connectivity index (χ0) is 12.0. The van der Waals surface area contributed by atoms with Crippen molar-refractivity contribution in [1.29, 1.82) is 0 Å². The van der Waals surface area contributed by atoms with Gasteiger partial charge < -0.3 is 5.73 Å². The highest BCUT2D eigenvalue weighted by molar-refractivity contribution is 5.56. The maximum absolute atomic E-state index is 6.09. The summed E-state index contributed by atoms with van der Waals surface area (Å²) in [4.78, 5) is 0. The van der Waals surface area contributed by atoms with E-state index in [9.17, 15) is 0 Å². The van der Waals surface area contributed by atoms with Crippen molar-refractivity contribution < 1.29 is 0 Å². The quantitative estimate of drug-likeness (QED) is 0.565. The van der Waals surface area contributed by atoms with Crippen molar-refractivity contribution in [2.45, 2.75) is 39.5 Å². The number of hydrogen-bond donors (Lipinski definition) is 1. The number of hydrogen-bond acceptors (Lipinski definition) is 1. The molecule has 0 aliphatic carbocycles. The van der Waals surface area contributed by atoms with Crippen LogP contribution in [0.2, 0.25) is 0 Å². The molecular formula is C14H23N. The lowest BCUT2D eigenvalue weighted by Gasteiger charge is -2.15. The first-order chi connectivity index (χ1) is 7.04. The molecule has 0 amide bonds. The Morgan fingerprint density at radius 2 is 1.27 bits per heavy atom. The second-order valence-electron chi connectivity index (χ2n) is 4.16. The molecule has 0 saturated heterocycles. The summed E-state index contributed by atoms with van der Waals surface area (Å²) in [6.07, 6.45) is 0. The van der Waals surface area contributed by atoms with Crippen molar-refractivity contribution >= 4 is 5.69 Å². The van der Waals surface area contributed by atoms with Crippen LogP contribution in [0.4, 0.5) is 5.69 Å². The standard InChI is InChI=1S/C12H19N.C2H4/c1-8(2)10-6-5-7-11(9(3)4)12(10)13;1-2/h5-9H,13H2,1-4H3;1-2H2. The average molecular weight is 205 g/mol. The Morgan fingerprint density at radius 3 is 1.53 bits per heavy atom. The average Bonchev–Trinajstić information content (AvgIpc) is 2.20. The van der Waals surface area contributed by atoms with Gasteiger partial charge >= 0.3 is 0 Å². The summed E-state index contributed by atoms with van der Waals surface area (Å²) in [5, 5.41) is 0. The van der Waals surface area contributed by atoms with Crippen molar-refractivity contribution in [2.75, 3.05) is 5.73 Å². The van der Waals surface area contributed by atoms with Gasteiger partial charge in [0.05, 0.1) is 0 Å². The van der Waals surface area contributed by atoms with Gasteiger partial charge in [0, 0.05) is 5.69 Å². The molecule has 0 aliphatic rings. The van der Waals surface area contributed by atoms with E-state index in [1.165, 1.54) is 11.1 Å². The van der Waals surface area contributed by atoms with Gasteiger partial charge in [0.25, 0.3) is 0 Å². The highest BCUT2D eigenvalue weighted by Crippen LogP contribution is 2.29. The summed E-state index contributed by atoms with van der Waals surface area (Å²) in [6.45, 7) is 14.7. The minimum Gasteiger partial charge on any atom is -0.398 e. The summed E-state index contributed by atoms with van der Waals surface area (Å²) in [5.74, 6) is 1.03. The monoisotopic (exact) mass is 205 g/mol. The molecule has 0 fully saturated rings. The molecule has 0 bridgehead atoms. The normalized spacial score (nSPS) is 10.0. The summed E-state index contributed by atoms with van der Waals surface area (Å²) in [7, 11) is 0. The molecule has 0 saturated carbocycles. The zero-order valence-corrected chi connectivity index (χ0v) is 10.4. The van der Waals surface area contributed by atoms with Crippen LogP contribution in [0.1, 0.15) is 50.7 Å². The largest absolute Gasteiger partial charge is 0.398 e. The van der Waals surface area contributed by atoms with E-state index in [0.29, 0.717) is 11.8 Å².